The zero-order valence-electron chi connectivity index (χ0n) is 20.3. The van der Waals surface area contributed by atoms with Crippen LogP contribution in [0.4, 0.5) is 0 Å². The van der Waals surface area contributed by atoms with Crippen LogP contribution in [0.5, 0.6) is 11.5 Å². The minimum atomic E-state index is -0.310. The fourth-order valence-corrected chi connectivity index (χ4v) is 4.02. The van der Waals surface area contributed by atoms with Crippen molar-refractivity contribution in [2.75, 3.05) is 13.7 Å². The Morgan fingerprint density at radius 2 is 2.06 bits per heavy atom. The lowest BCUT2D eigenvalue weighted by atomic mass is 9.98. The molecule has 1 saturated carbocycles. The van der Waals surface area contributed by atoms with E-state index in [0.717, 1.165) is 29.5 Å². The molecular weight excluding hydrogens is 456 g/mol. The number of guanidine groups is 1. The average Bonchev–Trinajstić information content (AvgIpc) is 3.56. The Kier molecular flexibility index (Phi) is 8.05. The van der Waals surface area contributed by atoms with Gasteiger partial charge in [0, 0.05) is 18.1 Å². The van der Waals surface area contributed by atoms with Crippen LogP contribution in [-0.4, -0.2) is 35.9 Å². The molecule has 0 saturated heterocycles. The van der Waals surface area contributed by atoms with Crippen molar-refractivity contribution in [1.29, 1.82) is 5.26 Å². The van der Waals surface area contributed by atoms with Crippen LogP contribution in [0.1, 0.15) is 48.6 Å². The number of ether oxygens (including phenoxy) is 2. The first kappa shape index (κ1) is 24.6. The molecule has 3 N–H and O–H groups in total. The predicted octanol–water partition coefficient (Wildman–Crippen LogP) is 3.90. The van der Waals surface area contributed by atoms with Crippen LogP contribution >= 0.6 is 0 Å². The first-order chi connectivity index (χ1) is 17.6. The van der Waals surface area contributed by atoms with Crippen LogP contribution in [0.25, 0.3) is 11.5 Å². The summed E-state index contributed by atoms with van der Waals surface area (Å²) in [5.74, 6) is 8.57. The highest BCUT2D eigenvalue weighted by Crippen LogP contribution is 2.34. The molecule has 1 fully saturated rings. The number of nitrogens with two attached hydrogens (primary N) is 1. The quantitative estimate of drug-likeness (QED) is 0.170. The van der Waals surface area contributed by atoms with E-state index < -0.39 is 0 Å². The van der Waals surface area contributed by atoms with Gasteiger partial charge in [-0.25, -0.2) is 0 Å². The van der Waals surface area contributed by atoms with Gasteiger partial charge >= 0.3 is 0 Å². The van der Waals surface area contributed by atoms with Gasteiger partial charge in [0.1, 0.15) is 0 Å². The lowest BCUT2D eigenvalue weighted by Gasteiger charge is -2.18. The summed E-state index contributed by atoms with van der Waals surface area (Å²) < 4.78 is 17.3. The molecule has 0 amide bonds. The van der Waals surface area contributed by atoms with Crippen molar-refractivity contribution in [3.63, 3.8) is 0 Å². The zero-order chi connectivity index (χ0) is 25.3. The molecule has 1 heterocycles. The number of aryl methyl sites for hydroxylation is 1. The summed E-state index contributed by atoms with van der Waals surface area (Å²) in [7, 11) is 1.63. The van der Waals surface area contributed by atoms with E-state index in [0.29, 0.717) is 23.3 Å². The summed E-state index contributed by atoms with van der Waals surface area (Å²) in [6.07, 6.45) is 6.37. The molecule has 0 radical (unpaired) electrons. The number of aliphatic imine (C=N–C) groups is 1. The van der Waals surface area contributed by atoms with E-state index in [9.17, 15) is 0 Å². The van der Waals surface area contributed by atoms with E-state index in [4.69, 9.17) is 24.9 Å². The van der Waals surface area contributed by atoms with Gasteiger partial charge in [0.05, 0.1) is 25.7 Å². The Morgan fingerprint density at radius 3 is 2.78 bits per heavy atom. The van der Waals surface area contributed by atoms with Crippen molar-refractivity contribution >= 4 is 5.96 Å². The lowest BCUT2D eigenvalue weighted by molar-refractivity contribution is 0.200. The van der Waals surface area contributed by atoms with Gasteiger partial charge in [0.2, 0.25) is 17.7 Å². The third kappa shape index (κ3) is 6.34. The van der Waals surface area contributed by atoms with Crippen LogP contribution < -0.4 is 20.5 Å². The van der Waals surface area contributed by atoms with Crippen molar-refractivity contribution in [2.24, 2.45) is 10.7 Å². The summed E-state index contributed by atoms with van der Waals surface area (Å²) in [5, 5.41) is 19.1. The number of hydrogen-bond acceptors (Lipinski definition) is 7. The molecule has 9 nitrogen and oxygen atoms in total. The van der Waals surface area contributed by atoms with Crippen LogP contribution in [-0.2, 0) is 0 Å². The second-order valence-electron chi connectivity index (χ2n) is 8.43. The molecule has 3 aromatic rings. The number of benzene rings is 2. The molecule has 9 heteroatoms. The summed E-state index contributed by atoms with van der Waals surface area (Å²) in [4.78, 5) is 4.30. The first-order valence-corrected chi connectivity index (χ1v) is 11.8. The maximum atomic E-state index is 8.82. The molecular formula is C27H28N6O3. The van der Waals surface area contributed by atoms with Crippen molar-refractivity contribution < 1.29 is 13.9 Å². The molecule has 4 rings (SSSR count). The molecule has 0 aliphatic heterocycles. The lowest BCUT2D eigenvalue weighted by Crippen LogP contribution is -2.28. The SMILES string of the molecule is COc1ccc(C(C#Cc2cccc(-c3nnc(C)o3)c2)CN=C(N)NC#N)cc1OC1CCCC1. The Morgan fingerprint density at radius 1 is 1.22 bits per heavy atom. The van der Waals surface area contributed by atoms with E-state index in [1.54, 1.807) is 20.2 Å². The van der Waals surface area contributed by atoms with Crippen LogP contribution in [0.3, 0.4) is 0 Å². The number of nitriles is 1. The molecule has 1 unspecified atom stereocenters. The smallest absolute Gasteiger partial charge is 0.247 e. The molecule has 1 aliphatic rings. The van der Waals surface area contributed by atoms with Crippen molar-refractivity contribution in [2.45, 2.75) is 44.6 Å². The van der Waals surface area contributed by atoms with Crippen LogP contribution in [0.2, 0.25) is 0 Å². The van der Waals surface area contributed by atoms with Gasteiger partial charge in [-0.15, -0.1) is 10.2 Å². The van der Waals surface area contributed by atoms with E-state index >= 15 is 0 Å². The molecule has 36 heavy (non-hydrogen) atoms. The minimum absolute atomic E-state index is 0.0361. The molecule has 0 bridgehead atoms. The van der Waals surface area contributed by atoms with E-state index in [-0.39, 0.29) is 24.5 Å². The van der Waals surface area contributed by atoms with Gasteiger partial charge in [-0.3, -0.25) is 10.3 Å². The second kappa shape index (κ2) is 11.8. The number of methoxy groups -OCH3 is 1. The van der Waals surface area contributed by atoms with Gasteiger partial charge in [-0.05, 0) is 61.6 Å². The number of nitrogens with one attached hydrogen (secondary N) is 1. The first-order valence-electron chi connectivity index (χ1n) is 11.8. The number of aromatic nitrogens is 2. The molecule has 184 valence electrons. The fourth-order valence-electron chi connectivity index (χ4n) is 4.02. The Hall–Kier alpha value is -4.50. The van der Waals surface area contributed by atoms with Crippen molar-refractivity contribution in [3.8, 4) is 41.0 Å². The molecule has 0 spiro atoms. The monoisotopic (exact) mass is 484 g/mol. The van der Waals surface area contributed by atoms with Gasteiger partial charge in [0.15, 0.2) is 17.7 Å². The largest absolute Gasteiger partial charge is 0.493 e. The maximum absolute atomic E-state index is 8.82. The van der Waals surface area contributed by atoms with Gasteiger partial charge in [-0.2, -0.15) is 5.26 Å². The van der Waals surface area contributed by atoms with Crippen molar-refractivity contribution in [3.05, 3.63) is 59.5 Å². The summed E-state index contributed by atoms with van der Waals surface area (Å²) in [5.41, 5.74) is 8.28. The average molecular weight is 485 g/mol. The predicted molar refractivity (Wildman–Crippen MR) is 135 cm³/mol. The zero-order valence-corrected chi connectivity index (χ0v) is 20.3. The van der Waals surface area contributed by atoms with E-state index in [1.807, 2.05) is 42.5 Å². The van der Waals surface area contributed by atoms with Gasteiger partial charge < -0.3 is 19.6 Å². The highest BCUT2D eigenvalue weighted by Gasteiger charge is 2.20. The molecule has 1 atom stereocenters. The summed E-state index contributed by atoms with van der Waals surface area (Å²) in [6, 6.07) is 13.4. The number of hydrogen-bond donors (Lipinski definition) is 2. The fraction of sp³-hybridized carbons (Fsp3) is 0.333. The second-order valence-corrected chi connectivity index (χ2v) is 8.43. The summed E-state index contributed by atoms with van der Waals surface area (Å²) >= 11 is 0. The normalized spacial score (nSPS) is 14.4. The third-order valence-electron chi connectivity index (χ3n) is 5.84. The highest BCUT2D eigenvalue weighted by atomic mass is 16.5. The van der Waals surface area contributed by atoms with Gasteiger partial charge in [0.25, 0.3) is 0 Å². The number of rotatable bonds is 7. The number of nitrogens with zero attached hydrogens (tertiary/aromatic N) is 4. The maximum Gasteiger partial charge on any atom is 0.247 e. The Balaban J connectivity index is 1.65. The molecule has 1 aromatic heterocycles. The van der Waals surface area contributed by atoms with Gasteiger partial charge in [-0.1, -0.05) is 24.0 Å². The molecule has 2 aromatic carbocycles. The minimum Gasteiger partial charge on any atom is -0.493 e. The Bertz CT molecular complexity index is 1330. The third-order valence-corrected chi connectivity index (χ3v) is 5.84. The van der Waals surface area contributed by atoms with E-state index in [2.05, 4.69) is 32.3 Å². The van der Waals surface area contributed by atoms with Crippen molar-refractivity contribution in [1.82, 2.24) is 15.5 Å². The molecule has 1 aliphatic carbocycles. The van der Waals surface area contributed by atoms with E-state index in [1.165, 1.54) is 12.8 Å². The standard InChI is InChI=1S/C27H28N6O3/c1-18-32-33-26(35-18)21-7-5-6-19(14-21)10-11-22(16-30-27(29)31-17-28)20-12-13-24(34-2)25(15-20)36-23-8-3-4-9-23/h5-7,12-15,22-23H,3-4,8-9,16H2,1-2H3,(H3,29,30,31). The summed E-state index contributed by atoms with van der Waals surface area (Å²) in [6.45, 7) is 2.00. The Labute approximate surface area is 210 Å². The van der Waals surface area contributed by atoms with Crippen LogP contribution in [0, 0.1) is 30.2 Å². The highest BCUT2D eigenvalue weighted by molar-refractivity contribution is 5.79. The van der Waals surface area contributed by atoms with Crippen LogP contribution in [0.15, 0.2) is 51.9 Å². The topological polar surface area (TPSA) is 132 Å².